The van der Waals surface area contributed by atoms with Gasteiger partial charge in [-0.3, -0.25) is 4.79 Å². The van der Waals surface area contributed by atoms with Crippen LogP contribution in [0.1, 0.15) is 49.8 Å². The average molecular weight is 330 g/mol. The molecule has 5 heteroatoms. The van der Waals surface area contributed by atoms with Crippen LogP contribution in [0.4, 0.5) is 0 Å². The second-order valence-electron chi connectivity index (χ2n) is 4.82. The van der Waals surface area contributed by atoms with Crippen LogP contribution >= 0.6 is 15.9 Å². The van der Waals surface area contributed by atoms with Crippen molar-refractivity contribution in [1.29, 1.82) is 0 Å². The maximum Gasteiger partial charge on any atom is 0.303 e. The summed E-state index contributed by atoms with van der Waals surface area (Å²) in [6.45, 7) is 4.16. The lowest BCUT2D eigenvalue weighted by Gasteiger charge is -2.18. The van der Waals surface area contributed by atoms with E-state index in [9.17, 15) is 4.79 Å². The SMILES string of the molecule is COc1c(Br)cc(C(N)CCC(=O)O)cc1C(C)C. The van der Waals surface area contributed by atoms with Crippen molar-refractivity contribution in [2.24, 2.45) is 5.73 Å². The fraction of sp³-hybridized carbons (Fsp3) is 0.500. The van der Waals surface area contributed by atoms with E-state index in [0.29, 0.717) is 12.3 Å². The van der Waals surface area contributed by atoms with Crippen molar-refractivity contribution in [2.45, 2.75) is 38.6 Å². The summed E-state index contributed by atoms with van der Waals surface area (Å²) in [7, 11) is 1.63. The van der Waals surface area contributed by atoms with Crippen molar-refractivity contribution in [1.82, 2.24) is 0 Å². The molecule has 0 spiro atoms. The summed E-state index contributed by atoms with van der Waals surface area (Å²) in [6, 6.07) is 3.62. The van der Waals surface area contributed by atoms with Gasteiger partial charge in [0.25, 0.3) is 0 Å². The van der Waals surface area contributed by atoms with Gasteiger partial charge >= 0.3 is 5.97 Å². The molecule has 0 amide bonds. The zero-order valence-corrected chi connectivity index (χ0v) is 13.0. The summed E-state index contributed by atoms with van der Waals surface area (Å²) in [4.78, 5) is 10.6. The van der Waals surface area contributed by atoms with Gasteiger partial charge in [0.2, 0.25) is 0 Å². The lowest BCUT2D eigenvalue weighted by molar-refractivity contribution is -0.137. The van der Waals surface area contributed by atoms with Crippen molar-refractivity contribution in [2.75, 3.05) is 7.11 Å². The first-order valence-electron chi connectivity index (χ1n) is 6.21. The summed E-state index contributed by atoms with van der Waals surface area (Å²) in [5, 5.41) is 8.70. The number of halogens is 1. The van der Waals surface area contributed by atoms with Crippen molar-refractivity contribution in [3.63, 3.8) is 0 Å². The van der Waals surface area contributed by atoms with Crippen LogP contribution in [0.15, 0.2) is 16.6 Å². The maximum absolute atomic E-state index is 10.6. The minimum atomic E-state index is -0.827. The minimum Gasteiger partial charge on any atom is -0.495 e. The van der Waals surface area contributed by atoms with Crippen LogP contribution in [0, 0.1) is 0 Å². The van der Waals surface area contributed by atoms with Crippen molar-refractivity contribution >= 4 is 21.9 Å². The van der Waals surface area contributed by atoms with Gasteiger partial charge in [-0.15, -0.1) is 0 Å². The molecule has 4 nitrogen and oxygen atoms in total. The van der Waals surface area contributed by atoms with Crippen LogP contribution in [0.25, 0.3) is 0 Å². The van der Waals surface area contributed by atoms with Gasteiger partial charge in [-0.05, 0) is 45.5 Å². The molecule has 0 aliphatic carbocycles. The number of aliphatic carboxylic acids is 1. The Kier molecular flexibility index (Phi) is 5.82. The molecule has 1 unspecified atom stereocenters. The zero-order chi connectivity index (χ0) is 14.6. The van der Waals surface area contributed by atoms with Gasteiger partial charge < -0.3 is 15.6 Å². The Balaban J connectivity index is 3.06. The fourth-order valence-electron chi connectivity index (χ4n) is 1.94. The molecule has 0 heterocycles. The number of methoxy groups -OCH3 is 1. The van der Waals surface area contributed by atoms with Crippen LogP contribution in [-0.4, -0.2) is 18.2 Å². The molecule has 1 aromatic carbocycles. The van der Waals surface area contributed by atoms with Crippen molar-refractivity contribution in [3.8, 4) is 5.75 Å². The first kappa shape index (κ1) is 16.0. The molecule has 106 valence electrons. The third-order valence-electron chi connectivity index (χ3n) is 3.02. The van der Waals surface area contributed by atoms with Gasteiger partial charge in [-0.25, -0.2) is 0 Å². The molecular weight excluding hydrogens is 310 g/mol. The van der Waals surface area contributed by atoms with E-state index < -0.39 is 5.97 Å². The minimum absolute atomic E-state index is 0.0713. The molecule has 3 N–H and O–H groups in total. The normalized spacial score (nSPS) is 12.5. The standard InChI is InChI=1S/C14H20BrNO3/c1-8(2)10-6-9(7-11(15)14(10)19-3)12(16)4-5-13(17)18/h6-8,12H,4-5,16H2,1-3H3,(H,17,18). The van der Waals surface area contributed by atoms with Gasteiger partial charge in [0, 0.05) is 12.5 Å². The van der Waals surface area contributed by atoms with Crippen molar-refractivity contribution < 1.29 is 14.6 Å². The Hall–Kier alpha value is -1.07. The van der Waals surface area contributed by atoms with Gasteiger partial charge in [0.15, 0.2) is 0 Å². The highest BCUT2D eigenvalue weighted by Crippen LogP contribution is 2.36. The number of carboxylic acids is 1. The average Bonchev–Trinajstić information content (AvgIpc) is 2.34. The second kappa shape index (κ2) is 6.91. The summed E-state index contributed by atoms with van der Waals surface area (Å²) in [6.07, 6.45) is 0.494. The first-order chi connectivity index (χ1) is 8.86. The molecule has 19 heavy (non-hydrogen) atoms. The van der Waals surface area contributed by atoms with Crippen LogP contribution in [0.3, 0.4) is 0 Å². The van der Waals surface area contributed by atoms with E-state index in [1.54, 1.807) is 7.11 Å². The fourth-order valence-corrected chi connectivity index (χ4v) is 2.60. The summed E-state index contributed by atoms with van der Waals surface area (Å²) in [5.41, 5.74) is 8.04. The van der Waals surface area contributed by atoms with Crippen LogP contribution in [0.2, 0.25) is 0 Å². The Bertz CT molecular complexity index is 460. The van der Waals surface area contributed by atoms with Crippen LogP contribution in [-0.2, 0) is 4.79 Å². The number of hydrogen-bond acceptors (Lipinski definition) is 3. The van der Waals surface area contributed by atoms with Crippen LogP contribution in [0.5, 0.6) is 5.75 Å². The monoisotopic (exact) mass is 329 g/mol. The van der Waals surface area contributed by atoms with Gasteiger partial charge in [-0.2, -0.15) is 0 Å². The van der Waals surface area contributed by atoms with E-state index >= 15 is 0 Å². The Morgan fingerprint density at radius 1 is 1.47 bits per heavy atom. The molecule has 0 fully saturated rings. The molecule has 0 saturated heterocycles. The molecule has 0 aromatic heterocycles. The van der Waals surface area contributed by atoms with E-state index in [1.807, 2.05) is 12.1 Å². The smallest absolute Gasteiger partial charge is 0.303 e. The van der Waals surface area contributed by atoms with E-state index in [2.05, 4.69) is 29.8 Å². The number of benzene rings is 1. The van der Waals surface area contributed by atoms with E-state index in [-0.39, 0.29) is 12.5 Å². The molecule has 0 bridgehead atoms. The lowest BCUT2D eigenvalue weighted by Crippen LogP contribution is -2.13. The van der Waals surface area contributed by atoms with Gasteiger partial charge in [0.1, 0.15) is 5.75 Å². The zero-order valence-electron chi connectivity index (χ0n) is 11.4. The number of hydrogen-bond donors (Lipinski definition) is 2. The van der Waals surface area contributed by atoms with E-state index in [0.717, 1.165) is 21.3 Å². The molecule has 0 radical (unpaired) electrons. The molecule has 1 aromatic rings. The maximum atomic E-state index is 10.6. The Labute approximate surface area is 122 Å². The van der Waals surface area contributed by atoms with Crippen LogP contribution < -0.4 is 10.5 Å². The first-order valence-corrected chi connectivity index (χ1v) is 7.00. The van der Waals surface area contributed by atoms with E-state index in [4.69, 9.17) is 15.6 Å². The predicted molar refractivity (Wildman–Crippen MR) is 78.6 cm³/mol. The number of ether oxygens (including phenoxy) is 1. The third kappa shape index (κ3) is 4.21. The number of rotatable bonds is 6. The topological polar surface area (TPSA) is 72.5 Å². The molecule has 0 aliphatic heterocycles. The summed E-state index contributed by atoms with van der Waals surface area (Å²) in [5.74, 6) is 0.286. The lowest BCUT2D eigenvalue weighted by atomic mass is 9.95. The largest absolute Gasteiger partial charge is 0.495 e. The van der Waals surface area contributed by atoms with Gasteiger partial charge in [-0.1, -0.05) is 19.9 Å². The molecular formula is C14H20BrNO3. The molecule has 0 saturated carbocycles. The molecule has 1 atom stereocenters. The van der Waals surface area contributed by atoms with Crippen molar-refractivity contribution in [3.05, 3.63) is 27.7 Å². The predicted octanol–water partition coefficient (Wildman–Crippen LogP) is 3.45. The Morgan fingerprint density at radius 3 is 2.58 bits per heavy atom. The highest BCUT2D eigenvalue weighted by atomic mass is 79.9. The second-order valence-corrected chi connectivity index (χ2v) is 5.67. The summed E-state index contributed by atoms with van der Waals surface area (Å²) < 4.78 is 6.24. The Morgan fingerprint density at radius 2 is 2.11 bits per heavy atom. The number of carboxylic acid groups (broad SMARTS) is 1. The highest BCUT2D eigenvalue weighted by Gasteiger charge is 2.16. The summed E-state index contributed by atoms with van der Waals surface area (Å²) >= 11 is 3.48. The highest BCUT2D eigenvalue weighted by molar-refractivity contribution is 9.10. The van der Waals surface area contributed by atoms with Gasteiger partial charge in [0.05, 0.1) is 11.6 Å². The number of nitrogens with two attached hydrogens (primary N) is 1. The van der Waals surface area contributed by atoms with E-state index in [1.165, 1.54) is 0 Å². The number of carbonyl (C=O) groups is 1. The third-order valence-corrected chi connectivity index (χ3v) is 3.61. The molecule has 1 rings (SSSR count). The quantitative estimate of drug-likeness (QED) is 0.838. The molecule has 0 aliphatic rings.